The Hall–Kier alpha value is -5.97. The molecule has 0 aliphatic rings. The molecule has 3 heterocycles. The molecule has 7 rings (SSSR count). The molecule has 18 heteroatoms. The Labute approximate surface area is 376 Å². The minimum atomic E-state index is -1.16. The Balaban J connectivity index is 1.20. The van der Waals surface area contributed by atoms with Gasteiger partial charge in [0.1, 0.15) is 0 Å². The zero-order valence-corrected chi connectivity index (χ0v) is 36.0. The predicted octanol–water partition coefficient (Wildman–Crippen LogP) is 10.2. The van der Waals surface area contributed by atoms with Crippen LogP contribution < -0.4 is 0 Å². The number of ether oxygens (including phenoxy) is 3. The van der Waals surface area contributed by atoms with Crippen LogP contribution >= 0.6 is 34.8 Å². The first-order valence-electron chi connectivity index (χ1n) is 20.1. The van der Waals surface area contributed by atoms with Crippen LogP contribution in [0, 0.1) is 0 Å². The summed E-state index contributed by atoms with van der Waals surface area (Å²) in [6.07, 6.45) is 3.11. The summed E-state index contributed by atoms with van der Waals surface area (Å²) in [5, 5.41) is 23.3. The molecule has 7 aromatic rings. The molecule has 0 saturated carbocycles. The average Bonchev–Trinajstić information content (AvgIpc) is 4.14. The molecule has 1 atom stereocenters. The van der Waals surface area contributed by atoms with Crippen molar-refractivity contribution in [2.75, 3.05) is 37.5 Å². The first-order valence-corrected chi connectivity index (χ1v) is 21.7. The van der Waals surface area contributed by atoms with Gasteiger partial charge in [-0.3, -0.25) is 0 Å². The highest BCUT2D eigenvalue weighted by Crippen LogP contribution is 2.34. The van der Waals surface area contributed by atoms with Crippen LogP contribution in [-0.4, -0.2) is 84.9 Å². The van der Waals surface area contributed by atoms with Gasteiger partial charge in [0.05, 0.1) is 30.9 Å². The Kier molecular flexibility index (Phi) is 16.0. The molecule has 0 spiro atoms. The molecule has 1 unspecified atom stereocenters. The number of halogens is 3. The first-order chi connectivity index (χ1) is 30.8. The van der Waals surface area contributed by atoms with Crippen LogP contribution in [0.2, 0.25) is 0 Å². The van der Waals surface area contributed by atoms with Crippen LogP contribution in [0.3, 0.4) is 0 Å². The van der Waals surface area contributed by atoms with Crippen molar-refractivity contribution in [1.82, 2.24) is 30.4 Å². The Bertz CT molecular complexity index is 2490. The lowest BCUT2D eigenvalue weighted by Gasteiger charge is -2.12. The van der Waals surface area contributed by atoms with Crippen LogP contribution in [0.5, 0.6) is 0 Å². The predicted molar refractivity (Wildman–Crippen MR) is 234 cm³/mol. The molecular formula is C45H41Cl3N6O9. The van der Waals surface area contributed by atoms with Crippen molar-refractivity contribution in [2.24, 2.45) is 0 Å². The van der Waals surface area contributed by atoms with Gasteiger partial charge in [-0.1, -0.05) is 57.9 Å². The van der Waals surface area contributed by atoms with Crippen molar-refractivity contribution in [3.63, 3.8) is 0 Å². The quantitative estimate of drug-likeness (QED) is 0.0291. The van der Waals surface area contributed by atoms with Crippen LogP contribution in [0.4, 0.5) is 0 Å². The Morgan fingerprint density at radius 3 is 1.33 bits per heavy atom. The number of unbranched alkanes of at least 4 members (excludes halogenated alkanes) is 3. The number of nitrogens with zero attached hydrogens (tertiary/aromatic N) is 6. The van der Waals surface area contributed by atoms with Crippen molar-refractivity contribution in [2.45, 2.75) is 44.8 Å². The van der Waals surface area contributed by atoms with Crippen LogP contribution in [-0.2, 0) is 14.2 Å². The van der Waals surface area contributed by atoms with E-state index in [1.54, 1.807) is 91.0 Å². The van der Waals surface area contributed by atoms with E-state index in [1.165, 1.54) is 0 Å². The van der Waals surface area contributed by atoms with Crippen molar-refractivity contribution < 1.29 is 42.5 Å². The van der Waals surface area contributed by atoms with E-state index in [-0.39, 0.29) is 48.4 Å². The van der Waals surface area contributed by atoms with Crippen LogP contribution in [0.25, 0.3) is 68.5 Å². The van der Waals surface area contributed by atoms with Gasteiger partial charge in [0, 0.05) is 56.6 Å². The summed E-state index contributed by atoms with van der Waals surface area (Å²) in [6, 6.07) is 25.6. The molecule has 0 saturated heterocycles. The molecule has 3 aromatic heterocycles. The summed E-state index contributed by atoms with van der Waals surface area (Å²) in [5.74, 6) is 1.58. The number of carbonyl (C=O) groups is 2. The first kappa shape index (κ1) is 45.1. The van der Waals surface area contributed by atoms with Crippen molar-refractivity contribution in [3.05, 3.63) is 108 Å². The third kappa shape index (κ3) is 11.9. The number of alkyl halides is 3. The topological polar surface area (TPSA) is 199 Å². The smallest absolute Gasteiger partial charge is 0.338 e. The molecular weight excluding hydrogens is 875 g/mol. The second-order valence-corrected chi connectivity index (χ2v) is 15.2. The van der Waals surface area contributed by atoms with E-state index in [2.05, 4.69) is 30.4 Å². The number of aliphatic hydroxyl groups excluding tert-OH is 1. The summed E-state index contributed by atoms with van der Waals surface area (Å²) < 4.78 is 33.7. The van der Waals surface area contributed by atoms with E-state index in [9.17, 15) is 14.7 Å². The fraction of sp³-hybridized carbons (Fsp3) is 0.289. The highest BCUT2D eigenvalue weighted by atomic mass is 35.5. The summed E-state index contributed by atoms with van der Waals surface area (Å²) in [7, 11) is 0. The van der Waals surface area contributed by atoms with Crippen molar-refractivity contribution >= 4 is 46.7 Å². The van der Waals surface area contributed by atoms with Gasteiger partial charge in [-0.15, -0.1) is 34.8 Å². The number of rotatable bonds is 22. The largest absolute Gasteiger partial charge is 0.462 e. The molecule has 0 radical (unpaired) electrons. The number of hydrogen-bond donors (Lipinski definition) is 1. The van der Waals surface area contributed by atoms with Crippen LogP contribution in [0.1, 0.15) is 71.1 Å². The average molecular weight is 916 g/mol. The van der Waals surface area contributed by atoms with Crippen LogP contribution in [0.15, 0.2) is 105 Å². The maximum absolute atomic E-state index is 12.8. The molecule has 0 fully saturated rings. The standard InChI is InChI=1S/C45H41Cl3N6O9/c46-16-1-4-19-58-43(55)31-13-7-10-28(22-31)37-49-40(61-52-37)34-25-35(41-50-38(53-62-41)29-11-8-14-32(23-29)44(56)59-20-5-2-17-47)27-36(26-34)42-51-39(54-63-42)30-12-9-15-33(24-30)45(57)60-21-6-3-18-48/h7-15,22-27,43,55H,1-6,16-21H2. The van der Waals surface area contributed by atoms with E-state index >= 15 is 0 Å². The molecule has 0 bridgehead atoms. The van der Waals surface area contributed by atoms with Gasteiger partial charge in [-0.2, -0.15) is 15.0 Å². The number of hydrogen-bond acceptors (Lipinski definition) is 15. The number of aromatic nitrogens is 6. The lowest BCUT2D eigenvalue weighted by Crippen LogP contribution is -2.06. The number of aliphatic hydroxyl groups is 1. The minimum Gasteiger partial charge on any atom is -0.462 e. The van der Waals surface area contributed by atoms with Gasteiger partial charge >= 0.3 is 11.9 Å². The fourth-order valence-corrected chi connectivity index (χ4v) is 6.72. The van der Waals surface area contributed by atoms with E-state index in [0.717, 1.165) is 19.3 Å². The summed E-state index contributed by atoms with van der Waals surface area (Å²) in [4.78, 5) is 39.5. The fourth-order valence-electron chi connectivity index (χ4n) is 6.15. The maximum atomic E-state index is 12.8. The van der Waals surface area contributed by atoms with E-state index in [1.807, 2.05) is 0 Å². The molecule has 15 nitrogen and oxygen atoms in total. The van der Waals surface area contributed by atoms with E-state index in [4.69, 9.17) is 62.6 Å². The normalized spacial score (nSPS) is 11.7. The zero-order chi connectivity index (χ0) is 44.0. The SMILES string of the molecule is O=C(OCCCCCl)c1cccc(-c2noc(-c3cc(-c4nc(-c5cccc(C(=O)OCCCCCl)c5)no4)cc(-c4nc(-c5cccc(C(O)OCCCCCl)c5)no4)c3)n2)c1. The molecule has 0 amide bonds. The number of esters is 2. The lowest BCUT2D eigenvalue weighted by atomic mass is 10.0. The third-order valence-corrected chi connectivity index (χ3v) is 10.2. The highest BCUT2D eigenvalue weighted by molar-refractivity contribution is 6.18. The molecule has 1 N–H and O–H groups in total. The third-order valence-electron chi connectivity index (χ3n) is 9.42. The molecule has 0 aliphatic carbocycles. The van der Waals surface area contributed by atoms with Gasteiger partial charge in [-0.25, -0.2) is 9.59 Å². The Morgan fingerprint density at radius 1 is 0.508 bits per heavy atom. The molecule has 4 aromatic carbocycles. The van der Waals surface area contributed by atoms with Gasteiger partial charge in [0.25, 0.3) is 17.7 Å². The molecule has 326 valence electrons. The monoisotopic (exact) mass is 914 g/mol. The molecule has 0 aliphatic heterocycles. The highest BCUT2D eigenvalue weighted by Gasteiger charge is 2.22. The zero-order valence-electron chi connectivity index (χ0n) is 33.8. The second kappa shape index (κ2) is 22.4. The van der Waals surface area contributed by atoms with Crippen molar-refractivity contribution in [3.8, 4) is 68.5 Å². The summed E-state index contributed by atoms with van der Waals surface area (Å²) in [5.41, 5.74) is 4.11. The number of benzene rings is 4. The van der Waals surface area contributed by atoms with E-state index < -0.39 is 18.2 Å². The molecule has 63 heavy (non-hydrogen) atoms. The second-order valence-electron chi connectivity index (χ2n) is 14.0. The van der Waals surface area contributed by atoms with Crippen molar-refractivity contribution in [1.29, 1.82) is 0 Å². The summed E-state index contributed by atoms with van der Waals surface area (Å²) >= 11 is 17.3. The minimum absolute atomic E-state index is 0.117. The van der Waals surface area contributed by atoms with Gasteiger partial charge < -0.3 is 32.9 Å². The van der Waals surface area contributed by atoms with Gasteiger partial charge in [0.15, 0.2) is 6.29 Å². The summed E-state index contributed by atoms with van der Waals surface area (Å²) in [6.45, 7) is 0.849. The maximum Gasteiger partial charge on any atom is 0.338 e. The number of carbonyl (C=O) groups excluding carboxylic acids is 2. The van der Waals surface area contributed by atoms with Gasteiger partial charge in [0.2, 0.25) is 17.5 Å². The van der Waals surface area contributed by atoms with Gasteiger partial charge in [-0.05, 0) is 87.1 Å². The lowest BCUT2D eigenvalue weighted by molar-refractivity contribution is -0.103. The van der Waals surface area contributed by atoms with E-state index in [0.29, 0.717) is 93.6 Å². The Morgan fingerprint density at radius 2 is 0.905 bits per heavy atom.